The van der Waals surface area contributed by atoms with Crippen LogP contribution >= 0.6 is 0 Å². The fourth-order valence-electron chi connectivity index (χ4n) is 2.93. The lowest BCUT2D eigenvalue weighted by Gasteiger charge is -2.12. The fourth-order valence-corrected chi connectivity index (χ4v) is 2.93. The van der Waals surface area contributed by atoms with Crippen molar-refractivity contribution >= 4 is 10.9 Å². The van der Waals surface area contributed by atoms with Crippen LogP contribution in [0.1, 0.15) is 42.6 Å². The lowest BCUT2D eigenvalue weighted by Crippen LogP contribution is -2.19. The molecule has 90 valence electrons. The van der Waals surface area contributed by atoms with Crippen LogP contribution in [0.5, 0.6) is 0 Å². The van der Waals surface area contributed by atoms with Gasteiger partial charge in [-0.3, -0.25) is 0 Å². The summed E-state index contributed by atoms with van der Waals surface area (Å²) in [6, 6.07) is 7.26. The summed E-state index contributed by atoms with van der Waals surface area (Å²) in [6.45, 7) is 5.51. The summed E-state index contributed by atoms with van der Waals surface area (Å²) in [5, 5.41) is 5.09. The maximum absolute atomic E-state index is 3.67. The number of hydrogen-bond acceptors (Lipinski definition) is 1. The van der Waals surface area contributed by atoms with Gasteiger partial charge in [-0.15, -0.1) is 0 Å². The largest absolute Gasteiger partial charge is 0.358 e. The Labute approximate surface area is 102 Å². The maximum Gasteiger partial charge on any atom is 0.0459 e. The van der Waals surface area contributed by atoms with E-state index in [2.05, 4.69) is 42.3 Å². The van der Waals surface area contributed by atoms with E-state index in [-0.39, 0.29) is 0 Å². The quantitative estimate of drug-likeness (QED) is 0.827. The third kappa shape index (κ3) is 1.77. The summed E-state index contributed by atoms with van der Waals surface area (Å²) < 4.78 is 0. The Bertz CT molecular complexity index is 539. The standard InChI is InChI=1S/C15H20N2/c1-3-8-16-13-6-7-14-15(13)11-9-10(2)4-5-12(11)17-14/h4-5,9,13,16-17H,3,6-8H2,1-2H3. The summed E-state index contributed by atoms with van der Waals surface area (Å²) in [4.78, 5) is 3.57. The molecule has 0 bridgehead atoms. The predicted octanol–water partition coefficient (Wildman–Crippen LogP) is 3.46. The van der Waals surface area contributed by atoms with Crippen molar-refractivity contribution in [3.05, 3.63) is 35.0 Å². The first-order valence-corrected chi connectivity index (χ1v) is 6.64. The number of aromatic nitrogens is 1. The molecule has 2 heteroatoms. The second kappa shape index (κ2) is 4.19. The van der Waals surface area contributed by atoms with Gasteiger partial charge in [-0.25, -0.2) is 0 Å². The molecular formula is C15H20N2. The third-order valence-electron chi connectivity index (χ3n) is 3.75. The molecule has 2 aromatic rings. The van der Waals surface area contributed by atoms with Gasteiger partial charge in [0.15, 0.2) is 0 Å². The molecule has 0 spiro atoms. The van der Waals surface area contributed by atoms with Gasteiger partial charge in [-0.2, -0.15) is 0 Å². The van der Waals surface area contributed by atoms with Crippen molar-refractivity contribution in [1.82, 2.24) is 10.3 Å². The molecule has 0 radical (unpaired) electrons. The Morgan fingerprint density at radius 1 is 1.41 bits per heavy atom. The van der Waals surface area contributed by atoms with Gasteiger partial charge in [0.1, 0.15) is 0 Å². The number of hydrogen-bond donors (Lipinski definition) is 2. The Hall–Kier alpha value is -1.28. The number of aromatic amines is 1. The molecule has 2 nitrogen and oxygen atoms in total. The highest BCUT2D eigenvalue weighted by Gasteiger charge is 2.26. The molecule has 1 atom stereocenters. The van der Waals surface area contributed by atoms with E-state index in [0.29, 0.717) is 6.04 Å². The van der Waals surface area contributed by atoms with Crippen LogP contribution in [0.4, 0.5) is 0 Å². The SMILES string of the molecule is CCCNC1CCc2[nH]c3ccc(C)cc3c21. The second-order valence-electron chi connectivity index (χ2n) is 5.11. The zero-order valence-corrected chi connectivity index (χ0v) is 10.6. The van der Waals surface area contributed by atoms with E-state index < -0.39 is 0 Å². The zero-order valence-electron chi connectivity index (χ0n) is 10.6. The monoisotopic (exact) mass is 228 g/mol. The van der Waals surface area contributed by atoms with Crippen molar-refractivity contribution in [2.45, 2.75) is 39.2 Å². The van der Waals surface area contributed by atoms with Gasteiger partial charge in [-0.05, 0) is 50.4 Å². The van der Waals surface area contributed by atoms with Crippen molar-refractivity contribution in [1.29, 1.82) is 0 Å². The molecule has 3 rings (SSSR count). The summed E-state index contributed by atoms with van der Waals surface area (Å²) in [6.07, 6.45) is 3.63. The van der Waals surface area contributed by atoms with Crippen LogP contribution in [0.25, 0.3) is 10.9 Å². The molecule has 1 aliphatic carbocycles. The van der Waals surface area contributed by atoms with Gasteiger partial charge in [0.05, 0.1) is 0 Å². The van der Waals surface area contributed by atoms with Crippen molar-refractivity contribution in [3.63, 3.8) is 0 Å². The van der Waals surface area contributed by atoms with E-state index in [1.807, 2.05) is 0 Å². The van der Waals surface area contributed by atoms with Crippen molar-refractivity contribution in [3.8, 4) is 0 Å². The average Bonchev–Trinajstić information content (AvgIpc) is 2.86. The lowest BCUT2D eigenvalue weighted by molar-refractivity contribution is 0.531. The van der Waals surface area contributed by atoms with E-state index in [9.17, 15) is 0 Å². The molecule has 0 saturated carbocycles. The molecule has 17 heavy (non-hydrogen) atoms. The van der Waals surface area contributed by atoms with E-state index in [1.165, 1.54) is 47.0 Å². The maximum atomic E-state index is 3.67. The molecule has 0 amide bonds. The Morgan fingerprint density at radius 3 is 3.12 bits per heavy atom. The summed E-state index contributed by atoms with van der Waals surface area (Å²) in [7, 11) is 0. The smallest absolute Gasteiger partial charge is 0.0459 e. The minimum absolute atomic E-state index is 0.556. The molecule has 1 aromatic carbocycles. The molecular weight excluding hydrogens is 208 g/mol. The van der Waals surface area contributed by atoms with Gasteiger partial charge < -0.3 is 10.3 Å². The Morgan fingerprint density at radius 2 is 2.29 bits per heavy atom. The van der Waals surface area contributed by atoms with Gasteiger partial charge >= 0.3 is 0 Å². The minimum Gasteiger partial charge on any atom is -0.358 e. The number of fused-ring (bicyclic) bond motifs is 3. The molecule has 1 heterocycles. The Balaban J connectivity index is 2.05. The van der Waals surface area contributed by atoms with Crippen molar-refractivity contribution in [2.75, 3.05) is 6.54 Å². The van der Waals surface area contributed by atoms with Gasteiger partial charge in [0.2, 0.25) is 0 Å². The molecule has 1 aromatic heterocycles. The summed E-state index contributed by atoms with van der Waals surface area (Å²) in [5.74, 6) is 0. The number of rotatable bonds is 3. The Kier molecular flexibility index (Phi) is 2.67. The topological polar surface area (TPSA) is 27.8 Å². The number of nitrogens with one attached hydrogen (secondary N) is 2. The fraction of sp³-hybridized carbons (Fsp3) is 0.467. The van der Waals surface area contributed by atoms with Crippen LogP contribution in [0.3, 0.4) is 0 Å². The van der Waals surface area contributed by atoms with Crippen molar-refractivity contribution < 1.29 is 0 Å². The number of aryl methyl sites for hydroxylation is 2. The molecule has 1 unspecified atom stereocenters. The van der Waals surface area contributed by atoms with E-state index >= 15 is 0 Å². The van der Waals surface area contributed by atoms with Crippen LogP contribution in [0.15, 0.2) is 18.2 Å². The van der Waals surface area contributed by atoms with Crippen molar-refractivity contribution in [2.24, 2.45) is 0 Å². The first kappa shape index (κ1) is 10.8. The lowest BCUT2D eigenvalue weighted by atomic mass is 10.1. The number of H-pyrrole nitrogens is 1. The van der Waals surface area contributed by atoms with E-state index in [0.717, 1.165) is 6.54 Å². The normalized spacial score (nSPS) is 18.8. The molecule has 2 N–H and O–H groups in total. The van der Waals surface area contributed by atoms with E-state index in [1.54, 1.807) is 0 Å². The van der Waals surface area contributed by atoms with Crippen LogP contribution in [-0.2, 0) is 6.42 Å². The van der Waals surface area contributed by atoms with Crippen LogP contribution in [-0.4, -0.2) is 11.5 Å². The minimum atomic E-state index is 0.556. The van der Waals surface area contributed by atoms with Gasteiger partial charge in [-0.1, -0.05) is 18.6 Å². The average molecular weight is 228 g/mol. The zero-order chi connectivity index (χ0) is 11.8. The summed E-state index contributed by atoms with van der Waals surface area (Å²) >= 11 is 0. The highest BCUT2D eigenvalue weighted by molar-refractivity contribution is 5.86. The molecule has 0 aliphatic heterocycles. The van der Waals surface area contributed by atoms with Gasteiger partial charge in [0, 0.05) is 22.6 Å². The predicted molar refractivity (Wildman–Crippen MR) is 72.4 cm³/mol. The molecule has 0 fully saturated rings. The van der Waals surface area contributed by atoms with Crippen LogP contribution < -0.4 is 5.32 Å². The molecule has 0 saturated heterocycles. The third-order valence-corrected chi connectivity index (χ3v) is 3.75. The van der Waals surface area contributed by atoms with Gasteiger partial charge in [0.25, 0.3) is 0 Å². The molecule has 1 aliphatic rings. The first-order valence-electron chi connectivity index (χ1n) is 6.64. The highest BCUT2D eigenvalue weighted by Crippen LogP contribution is 2.37. The van der Waals surface area contributed by atoms with E-state index in [4.69, 9.17) is 0 Å². The first-order chi connectivity index (χ1) is 8.29. The van der Waals surface area contributed by atoms with Crippen LogP contribution in [0.2, 0.25) is 0 Å². The van der Waals surface area contributed by atoms with Crippen LogP contribution in [0, 0.1) is 6.92 Å². The number of benzene rings is 1. The second-order valence-corrected chi connectivity index (χ2v) is 5.11. The summed E-state index contributed by atoms with van der Waals surface area (Å²) in [5.41, 5.74) is 5.61. The highest BCUT2D eigenvalue weighted by atomic mass is 14.9.